The molecule has 0 saturated carbocycles. The highest BCUT2D eigenvalue weighted by Crippen LogP contribution is 2.29. The predicted octanol–water partition coefficient (Wildman–Crippen LogP) is 3.98. The first-order valence-electron chi connectivity index (χ1n) is 9.33. The van der Waals surface area contributed by atoms with Crippen molar-refractivity contribution >= 4 is 5.82 Å². The number of alkyl halides is 3. The minimum absolute atomic E-state index is 0.552. The number of hydrogen-bond acceptors (Lipinski definition) is 4. The van der Waals surface area contributed by atoms with Gasteiger partial charge in [-0.05, 0) is 70.2 Å². The number of likely N-dealkylation sites (tertiary alicyclic amines) is 1. The molecule has 1 aromatic heterocycles. The zero-order valence-electron chi connectivity index (χ0n) is 14.8. The summed E-state index contributed by atoms with van der Waals surface area (Å²) in [6.07, 6.45) is 2.92. The topological polar surface area (TPSA) is 32.3 Å². The van der Waals surface area contributed by atoms with E-state index in [2.05, 4.69) is 22.0 Å². The Morgan fingerprint density at radius 3 is 2.40 bits per heavy atom. The summed E-state index contributed by atoms with van der Waals surface area (Å²) in [4.78, 5) is 4.66. The van der Waals surface area contributed by atoms with Gasteiger partial charge in [-0.1, -0.05) is 6.42 Å². The molecule has 0 amide bonds. The van der Waals surface area contributed by atoms with E-state index in [1.807, 2.05) is 4.90 Å². The Balaban J connectivity index is 1.45. The number of hydrogen-bond donors (Lipinski definition) is 0. The summed E-state index contributed by atoms with van der Waals surface area (Å²) in [6.45, 7) is 6.42. The summed E-state index contributed by atoms with van der Waals surface area (Å²) < 4.78 is 37.7. The molecule has 1 unspecified atom stereocenters. The summed E-state index contributed by atoms with van der Waals surface area (Å²) in [5, 5.41) is 7.10. The van der Waals surface area contributed by atoms with Gasteiger partial charge in [-0.15, -0.1) is 10.2 Å². The van der Waals surface area contributed by atoms with Crippen LogP contribution in [0.4, 0.5) is 19.0 Å². The van der Waals surface area contributed by atoms with E-state index in [9.17, 15) is 13.2 Å². The van der Waals surface area contributed by atoms with Crippen molar-refractivity contribution in [1.29, 1.82) is 0 Å². The van der Waals surface area contributed by atoms with Crippen LogP contribution in [0.5, 0.6) is 0 Å². The maximum absolute atomic E-state index is 12.6. The van der Waals surface area contributed by atoms with Crippen LogP contribution in [0.1, 0.15) is 51.1 Å². The highest BCUT2D eigenvalue weighted by atomic mass is 19.4. The van der Waals surface area contributed by atoms with Crippen LogP contribution in [0.2, 0.25) is 0 Å². The molecule has 0 aromatic carbocycles. The maximum Gasteiger partial charge on any atom is 0.435 e. The third kappa shape index (κ3) is 4.84. The summed E-state index contributed by atoms with van der Waals surface area (Å²) in [7, 11) is 0. The highest BCUT2D eigenvalue weighted by Gasteiger charge is 2.33. The number of rotatable bonds is 4. The zero-order chi connectivity index (χ0) is 17.9. The Morgan fingerprint density at radius 2 is 1.80 bits per heavy atom. The van der Waals surface area contributed by atoms with Crippen molar-refractivity contribution in [2.45, 2.75) is 57.7 Å². The molecular formula is C18H27F3N4. The van der Waals surface area contributed by atoms with Crippen molar-refractivity contribution in [2.24, 2.45) is 5.92 Å². The number of anilines is 1. The van der Waals surface area contributed by atoms with Gasteiger partial charge in [0.05, 0.1) is 0 Å². The predicted molar refractivity (Wildman–Crippen MR) is 91.5 cm³/mol. The van der Waals surface area contributed by atoms with Gasteiger partial charge in [0.25, 0.3) is 0 Å². The summed E-state index contributed by atoms with van der Waals surface area (Å²) >= 11 is 0. The fraction of sp³-hybridized carbons (Fsp3) is 0.778. The maximum atomic E-state index is 12.6. The van der Waals surface area contributed by atoms with Crippen LogP contribution in [0.15, 0.2) is 12.1 Å². The van der Waals surface area contributed by atoms with Crippen LogP contribution in [0.3, 0.4) is 0 Å². The molecule has 1 aromatic rings. The molecular weight excluding hydrogens is 329 g/mol. The SMILES string of the molecule is CC1CCCCN1CCC1CCN(c2ccc(C(F)(F)F)nn2)CC1. The van der Waals surface area contributed by atoms with E-state index in [1.165, 1.54) is 44.8 Å². The van der Waals surface area contributed by atoms with Gasteiger partial charge in [-0.3, -0.25) is 0 Å². The molecule has 2 aliphatic rings. The van der Waals surface area contributed by atoms with Gasteiger partial charge in [0.2, 0.25) is 0 Å². The Labute approximate surface area is 147 Å². The van der Waals surface area contributed by atoms with Crippen molar-refractivity contribution in [2.75, 3.05) is 31.1 Å². The summed E-state index contributed by atoms with van der Waals surface area (Å²) in [5.74, 6) is 1.25. The van der Waals surface area contributed by atoms with Gasteiger partial charge in [-0.2, -0.15) is 13.2 Å². The van der Waals surface area contributed by atoms with E-state index in [-0.39, 0.29) is 0 Å². The lowest BCUT2D eigenvalue weighted by molar-refractivity contribution is -0.141. The fourth-order valence-corrected chi connectivity index (χ4v) is 3.93. The lowest BCUT2D eigenvalue weighted by atomic mass is 9.92. The number of nitrogens with zero attached hydrogens (tertiary/aromatic N) is 4. The van der Waals surface area contributed by atoms with E-state index in [4.69, 9.17) is 0 Å². The van der Waals surface area contributed by atoms with Crippen molar-refractivity contribution in [3.63, 3.8) is 0 Å². The first-order valence-corrected chi connectivity index (χ1v) is 9.33. The van der Waals surface area contributed by atoms with Crippen LogP contribution in [-0.2, 0) is 6.18 Å². The van der Waals surface area contributed by atoms with Gasteiger partial charge in [0.15, 0.2) is 11.5 Å². The van der Waals surface area contributed by atoms with Crippen LogP contribution >= 0.6 is 0 Å². The quantitative estimate of drug-likeness (QED) is 0.817. The van der Waals surface area contributed by atoms with E-state index < -0.39 is 11.9 Å². The standard InChI is InChI=1S/C18H27F3N4/c1-14-4-2-3-10-24(14)11-7-15-8-12-25(13-9-15)17-6-5-16(22-23-17)18(19,20)21/h5-6,14-15H,2-4,7-13H2,1H3. The van der Waals surface area contributed by atoms with Gasteiger partial charge in [0, 0.05) is 19.1 Å². The largest absolute Gasteiger partial charge is 0.435 e. The third-order valence-corrected chi connectivity index (χ3v) is 5.64. The normalized spacial score (nSPS) is 23.8. The molecule has 0 spiro atoms. The molecule has 0 aliphatic carbocycles. The molecule has 3 heterocycles. The molecule has 7 heteroatoms. The Hall–Kier alpha value is -1.37. The molecule has 4 nitrogen and oxygen atoms in total. The molecule has 0 bridgehead atoms. The third-order valence-electron chi connectivity index (χ3n) is 5.64. The Morgan fingerprint density at radius 1 is 1.04 bits per heavy atom. The summed E-state index contributed by atoms with van der Waals surface area (Å²) in [6, 6.07) is 3.16. The van der Waals surface area contributed by atoms with E-state index in [0.717, 1.165) is 32.0 Å². The second-order valence-corrected chi connectivity index (χ2v) is 7.37. The minimum Gasteiger partial charge on any atom is -0.355 e. The second kappa shape index (κ2) is 7.89. The van der Waals surface area contributed by atoms with Crippen LogP contribution in [-0.4, -0.2) is 47.3 Å². The molecule has 25 heavy (non-hydrogen) atoms. The van der Waals surface area contributed by atoms with Crippen molar-refractivity contribution < 1.29 is 13.2 Å². The first-order chi connectivity index (χ1) is 11.9. The molecule has 2 fully saturated rings. The monoisotopic (exact) mass is 356 g/mol. The highest BCUT2D eigenvalue weighted by molar-refractivity contribution is 5.38. The number of piperidine rings is 2. The molecule has 0 N–H and O–H groups in total. The minimum atomic E-state index is -4.43. The fourth-order valence-electron chi connectivity index (χ4n) is 3.93. The van der Waals surface area contributed by atoms with Gasteiger partial charge in [-0.25, -0.2) is 0 Å². The van der Waals surface area contributed by atoms with E-state index in [1.54, 1.807) is 0 Å². The van der Waals surface area contributed by atoms with Crippen molar-refractivity contribution in [3.8, 4) is 0 Å². The summed E-state index contributed by atoms with van der Waals surface area (Å²) in [5.41, 5.74) is -0.929. The van der Waals surface area contributed by atoms with Gasteiger partial charge in [0.1, 0.15) is 0 Å². The lowest BCUT2D eigenvalue weighted by Crippen LogP contribution is -2.40. The van der Waals surface area contributed by atoms with Crippen molar-refractivity contribution in [3.05, 3.63) is 17.8 Å². The van der Waals surface area contributed by atoms with Crippen LogP contribution < -0.4 is 4.90 Å². The smallest absolute Gasteiger partial charge is 0.355 e. The van der Waals surface area contributed by atoms with Gasteiger partial charge < -0.3 is 9.80 Å². The average Bonchev–Trinajstić information content (AvgIpc) is 2.61. The molecule has 1 atom stereocenters. The van der Waals surface area contributed by atoms with E-state index >= 15 is 0 Å². The average molecular weight is 356 g/mol. The number of aromatic nitrogens is 2. The Bertz CT molecular complexity index is 538. The molecule has 140 valence electrons. The second-order valence-electron chi connectivity index (χ2n) is 7.37. The van der Waals surface area contributed by atoms with Gasteiger partial charge >= 0.3 is 6.18 Å². The van der Waals surface area contributed by atoms with Crippen LogP contribution in [0, 0.1) is 5.92 Å². The Kier molecular flexibility index (Phi) is 5.81. The molecule has 2 saturated heterocycles. The number of halogens is 3. The molecule has 0 radical (unpaired) electrons. The van der Waals surface area contributed by atoms with Crippen molar-refractivity contribution in [1.82, 2.24) is 15.1 Å². The molecule has 2 aliphatic heterocycles. The lowest BCUT2D eigenvalue weighted by Gasteiger charge is -2.36. The molecule has 3 rings (SSSR count). The van der Waals surface area contributed by atoms with E-state index in [0.29, 0.717) is 17.8 Å². The van der Waals surface area contributed by atoms with Crippen LogP contribution in [0.25, 0.3) is 0 Å². The zero-order valence-corrected chi connectivity index (χ0v) is 14.8. The first kappa shape index (κ1) is 18.4.